The van der Waals surface area contributed by atoms with E-state index in [0.717, 1.165) is 47.0 Å². The third kappa shape index (κ3) is 3.18. The molecule has 0 amide bonds. The van der Waals surface area contributed by atoms with Crippen molar-refractivity contribution in [1.82, 2.24) is 4.98 Å². The molecule has 1 atom stereocenters. The second kappa shape index (κ2) is 6.94. The molecule has 0 saturated heterocycles. The first-order chi connectivity index (χ1) is 11.5. The van der Waals surface area contributed by atoms with Crippen LogP contribution in [0.4, 0.5) is 8.78 Å². The first-order valence-corrected chi connectivity index (χ1v) is 8.64. The Labute approximate surface area is 145 Å². The Morgan fingerprint density at radius 3 is 2.67 bits per heavy atom. The van der Waals surface area contributed by atoms with Crippen LogP contribution in [0.2, 0.25) is 5.02 Å². The molecular formula is C20H20ClF2N. The molecule has 1 N–H and O–H groups in total. The van der Waals surface area contributed by atoms with Gasteiger partial charge >= 0.3 is 0 Å². The molecule has 1 unspecified atom stereocenters. The van der Waals surface area contributed by atoms with E-state index in [4.69, 9.17) is 11.6 Å². The summed E-state index contributed by atoms with van der Waals surface area (Å²) in [4.78, 5) is 3.34. The van der Waals surface area contributed by atoms with E-state index in [-0.39, 0.29) is 16.8 Å². The molecule has 1 heterocycles. The SMILES string of the molecule is CCCCc1c(C(C)c2cccc(F)c2)[nH]c2cc(F)c(Cl)cc12. The molecule has 0 fully saturated rings. The second-order valence-electron chi connectivity index (χ2n) is 6.21. The van der Waals surface area contributed by atoms with Gasteiger partial charge in [0.1, 0.15) is 11.6 Å². The van der Waals surface area contributed by atoms with Crippen molar-refractivity contribution in [3.05, 3.63) is 69.9 Å². The van der Waals surface area contributed by atoms with Crippen LogP contribution in [0.15, 0.2) is 36.4 Å². The van der Waals surface area contributed by atoms with Gasteiger partial charge in [-0.1, -0.05) is 44.0 Å². The zero-order valence-corrected chi connectivity index (χ0v) is 14.6. The van der Waals surface area contributed by atoms with Crippen molar-refractivity contribution in [2.45, 2.75) is 39.0 Å². The van der Waals surface area contributed by atoms with Gasteiger partial charge in [0.25, 0.3) is 0 Å². The number of halogens is 3. The quantitative estimate of drug-likeness (QED) is 0.535. The number of aryl methyl sites for hydroxylation is 1. The van der Waals surface area contributed by atoms with Gasteiger partial charge in [-0.3, -0.25) is 0 Å². The van der Waals surface area contributed by atoms with Crippen molar-refractivity contribution in [2.24, 2.45) is 0 Å². The fourth-order valence-corrected chi connectivity index (χ4v) is 3.36. The third-order valence-electron chi connectivity index (χ3n) is 4.54. The molecule has 0 spiro atoms. The highest BCUT2D eigenvalue weighted by Gasteiger charge is 2.19. The maximum atomic E-state index is 13.8. The highest BCUT2D eigenvalue weighted by atomic mass is 35.5. The van der Waals surface area contributed by atoms with Crippen molar-refractivity contribution in [1.29, 1.82) is 0 Å². The third-order valence-corrected chi connectivity index (χ3v) is 4.83. The molecule has 3 aromatic rings. The van der Waals surface area contributed by atoms with Gasteiger partial charge in [-0.05, 0) is 48.2 Å². The van der Waals surface area contributed by atoms with E-state index in [9.17, 15) is 8.78 Å². The number of aromatic nitrogens is 1. The zero-order chi connectivity index (χ0) is 17.3. The molecule has 1 aromatic heterocycles. The van der Waals surface area contributed by atoms with E-state index in [0.29, 0.717) is 0 Å². The van der Waals surface area contributed by atoms with Gasteiger partial charge in [-0.15, -0.1) is 0 Å². The molecule has 3 rings (SSSR count). The van der Waals surface area contributed by atoms with Crippen molar-refractivity contribution in [3.63, 3.8) is 0 Å². The van der Waals surface area contributed by atoms with E-state index in [1.165, 1.54) is 12.1 Å². The Kier molecular flexibility index (Phi) is 4.91. The van der Waals surface area contributed by atoms with Gasteiger partial charge in [-0.25, -0.2) is 8.78 Å². The lowest BCUT2D eigenvalue weighted by Gasteiger charge is -2.14. The Bertz CT molecular complexity index is 869. The van der Waals surface area contributed by atoms with Crippen LogP contribution >= 0.6 is 11.6 Å². The minimum absolute atomic E-state index is 0.0122. The molecule has 2 aromatic carbocycles. The fourth-order valence-electron chi connectivity index (χ4n) is 3.20. The molecular weight excluding hydrogens is 328 g/mol. The summed E-state index contributed by atoms with van der Waals surface area (Å²) in [7, 11) is 0. The maximum Gasteiger partial charge on any atom is 0.143 e. The first kappa shape index (κ1) is 17.0. The highest BCUT2D eigenvalue weighted by molar-refractivity contribution is 6.31. The van der Waals surface area contributed by atoms with Gasteiger partial charge in [-0.2, -0.15) is 0 Å². The maximum absolute atomic E-state index is 13.8. The number of benzene rings is 2. The lowest BCUT2D eigenvalue weighted by molar-refractivity contribution is 0.624. The van der Waals surface area contributed by atoms with Crippen molar-refractivity contribution >= 4 is 22.5 Å². The molecule has 0 saturated carbocycles. The highest BCUT2D eigenvalue weighted by Crippen LogP contribution is 2.35. The summed E-state index contributed by atoms with van der Waals surface area (Å²) >= 11 is 5.98. The lowest BCUT2D eigenvalue weighted by atomic mass is 9.92. The number of hydrogen-bond acceptors (Lipinski definition) is 0. The fraction of sp³-hybridized carbons (Fsp3) is 0.300. The minimum Gasteiger partial charge on any atom is -0.358 e. The standard InChI is InChI=1S/C20H20ClF2N/c1-3-4-8-15-16-10-17(21)18(23)11-19(16)24-20(15)12(2)13-6-5-7-14(22)9-13/h5-7,9-12,24H,3-4,8H2,1-2H3. The van der Waals surface area contributed by atoms with Crippen LogP contribution in [-0.2, 0) is 6.42 Å². The average Bonchev–Trinajstić information content (AvgIpc) is 2.90. The van der Waals surface area contributed by atoms with Crippen LogP contribution in [0.5, 0.6) is 0 Å². The largest absolute Gasteiger partial charge is 0.358 e. The van der Waals surface area contributed by atoms with Crippen LogP contribution in [0.3, 0.4) is 0 Å². The smallest absolute Gasteiger partial charge is 0.143 e. The molecule has 126 valence electrons. The number of rotatable bonds is 5. The van der Waals surface area contributed by atoms with Gasteiger partial charge in [0, 0.05) is 22.5 Å². The van der Waals surface area contributed by atoms with Crippen LogP contribution in [-0.4, -0.2) is 4.98 Å². The summed E-state index contributed by atoms with van der Waals surface area (Å²) in [6, 6.07) is 9.74. The topological polar surface area (TPSA) is 15.8 Å². The Morgan fingerprint density at radius 2 is 1.96 bits per heavy atom. The Morgan fingerprint density at radius 1 is 1.17 bits per heavy atom. The summed E-state index contributed by atoms with van der Waals surface area (Å²) < 4.78 is 27.4. The minimum atomic E-state index is -0.433. The summed E-state index contributed by atoms with van der Waals surface area (Å²) in [6.07, 6.45) is 2.98. The molecule has 0 bridgehead atoms. The van der Waals surface area contributed by atoms with E-state index in [1.807, 2.05) is 13.0 Å². The summed E-state index contributed by atoms with van der Waals surface area (Å²) in [5, 5.41) is 1.08. The lowest BCUT2D eigenvalue weighted by Crippen LogP contribution is -2.01. The van der Waals surface area contributed by atoms with Crippen LogP contribution in [0, 0.1) is 11.6 Å². The van der Waals surface area contributed by atoms with Gasteiger partial charge < -0.3 is 4.98 Å². The Hall–Kier alpha value is -1.87. The predicted molar refractivity (Wildman–Crippen MR) is 95.8 cm³/mol. The van der Waals surface area contributed by atoms with Crippen LogP contribution in [0.1, 0.15) is 49.4 Å². The van der Waals surface area contributed by atoms with Crippen LogP contribution < -0.4 is 0 Å². The van der Waals surface area contributed by atoms with Crippen molar-refractivity contribution in [3.8, 4) is 0 Å². The number of hydrogen-bond donors (Lipinski definition) is 1. The number of fused-ring (bicyclic) bond motifs is 1. The van der Waals surface area contributed by atoms with Gasteiger partial charge in [0.15, 0.2) is 0 Å². The molecule has 0 aliphatic rings. The molecule has 4 heteroatoms. The summed E-state index contributed by atoms with van der Waals surface area (Å²) in [6.45, 7) is 4.17. The number of unbranched alkanes of at least 4 members (excludes halogenated alkanes) is 1. The zero-order valence-electron chi connectivity index (χ0n) is 13.8. The summed E-state index contributed by atoms with van der Waals surface area (Å²) in [5.41, 5.74) is 3.78. The van der Waals surface area contributed by atoms with Gasteiger partial charge in [0.05, 0.1) is 5.02 Å². The number of nitrogens with one attached hydrogen (secondary N) is 1. The van der Waals surface area contributed by atoms with Crippen molar-refractivity contribution in [2.75, 3.05) is 0 Å². The van der Waals surface area contributed by atoms with Gasteiger partial charge in [0.2, 0.25) is 0 Å². The molecule has 0 radical (unpaired) electrons. The first-order valence-electron chi connectivity index (χ1n) is 8.26. The number of H-pyrrole nitrogens is 1. The average molecular weight is 348 g/mol. The summed E-state index contributed by atoms with van der Waals surface area (Å²) in [5.74, 6) is -0.695. The predicted octanol–water partition coefficient (Wildman–Crippen LogP) is 6.59. The monoisotopic (exact) mass is 347 g/mol. The van der Waals surface area contributed by atoms with Crippen molar-refractivity contribution < 1.29 is 8.78 Å². The van der Waals surface area contributed by atoms with E-state index in [1.54, 1.807) is 18.2 Å². The molecule has 24 heavy (non-hydrogen) atoms. The van der Waals surface area contributed by atoms with Crippen LogP contribution in [0.25, 0.3) is 10.9 Å². The van der Waals surface area contributed by atoms with E-state index >= 15 is 0 Å². The molecule has 1 nitrogen and oxygen atoms in total. The second-order valence-corrected chi connectivity index (χ2v) is 6.62. The van der Waals surface area contributed by atoms with E-state index in [2.05, 4.69) is 11.9 Å². The van der Waals surface area contributed by atoms with E-state index < -0.39 is 5.82 Å². The molecule has 0 aliphatic heterocycles. The normalized spacial score (nSPS) is 12.7. The molecule has 0 aliphatic carbocycles. The number of aromatic amines is 1. The Balaban J connectivity index is 2.14.